The number of fused-ring (bicyclic) bond motifs is 10. The van der Waals surface area contributed by atoms with Crippen molar-refractivity contribution in [2.24, 2.45) is 0 Å². The third kappa shape index (κ3) is 8.50. The molecule has 14 rings (SSSR count). The van der Waals surface area contributed by atoms with Gasteiger partial charge in [-0.1, -0.05) is 188 Å². The second kappa shape index (κ2) is 19.0. The molecule has 1 saturated carbocycles. The highest BCUT2D eigenvalue weighted by atomic mass is 32.1. The van der Waals surface area contributed by atoms with Gasteiger partial charge in [0.05, 0.1) is 11.2 Å². The Morgan fingerprint density at radius 1 is 0.417 bits per heavy atom. The Morgan fingerprint density at radius 2 is 0.905 bits per heavy atom. The number of rotatable bonds is 7. The molecular formula is C78H81BN4S. The number of nitrogens with zero attached hydrogens (tertiary/aromatic N) is 4. The van der Waals surface area contributed by atoms with Crippen LogP contribution in [0.5, 0.6) is 0 Å². The minimum atomic E-state index is -0.161. The standard InChI is InChI=1S/C78H81BN4S/c1-73(2,3)50-24-32-54(33-25-50)80(55-34-26-51(27-35-55)74(4,5)6)59-40-42-66-65(47-59)79-64-22-19-21-63-72(64)83(78(14)45-18-17-44-77(63,78)13)68-49-60(48-67(71(68)79)82(66)58-41-43-70-62(46-58)61-20-15-16-23-69(61)84-70)81(56-36-28-52(29-37-56)75(7,8)9)57-38-30-53(31-39-57)76(10,11)12/h15-16,19-43,46-49H,17-18,44-45H2,1-14H3. The molecule has 3 aliphatic heterocycles. The molecule has 0 radical (unpaired) electrons. The number of anilines is 11. The van der Waals surface area contributed by atoms with Gasteiger partial charge in [0.15, 0.2) is 0 Å². The normalized spacial score (nSPS) is 18.2. The van der Waals surface area contributed by atoms with Gasteiger partial charge in [-0.25, -0.2) is 0 Å². The first-order valence-electron chi connectivity index (χ1n) is 30.9. The van der Waals surface area contributed by atoms with Gasteiger partial charge < -0.3 is 19.6 Å². The van der Waals surface area contributed by atoms with Gasteiger partial charge >= 0.3 is 0 Å². The molecule has 84 heavy (non-hydrogen) atoms. The van der Waals surface area contributed by atoms with Crippen LogP contribution in [0.15, 0.2) is 188 Å². The molecule has 6 heteroatoms. The van der Waals surface area contributed by atoms with Gasteiger partial charge in [0, 0.05) is 82.5 Å². The zero-order chi connectivity index (χ0) is 58.6. The van der Waals surface area contributed by atoms with Gasteiger partial charge in [-0.05, 0) is 189 Å². The lowest BCUT2D eigenvalue weighted by atomic mass is 9.33. The van der Waals surface area contributed by atoms with Gasteiger partial charge in [0.1, 0.15) is 0 Å². The number of hydrogen-bond acceptors (Lipinski definition) is 5. The second-order valence-electron chi connectivity index (χ2n) is 29.4. The lowest BCUT2D eigenvalue weighted by Crippen LogP contribution is -2.64. The fourth-order valence-corrected chi connectivity index (χ4v) is 16.1. The molecule has 1 fully saturated rings. The number of thiophene rings is 1. The van der Waals surface area contributed by atoms with Crippen LogP contribution in [0, 0.1) is 0 Å². The molecule has 0 saturated heterocycles. The van der Waals surface area contributed by atoms with Crippen molar-refractivity contribution in [3.05, 3.63) is 216 Å². The SMILES string of the molecule is CC(C)(C)c1ccc(N(c2ccc(C(C)(C)C)cc2)c2ccc3c(c2)B2c4cccc5c4N(c4cc(N(c6ccc(C(C)(C)C)cc6)c6ccc(C(C)(C)C)cc6)cc(c42)N3c2ccc3sc4ccccc4c3c2)C2(C)CCCCC52C)cc1. The van der Waals surface area contributed by atoms with Crippen molar-refractivity contribution in [2.45, 2.75) is 155 Å². The highest BCUT2D eigenvalue weighted by Gasteiger charge is 2.61. The fraction of sp³-hybridized carbons (Fsp3) is 0.308. The maximum absolute atomic E-state index is 2.89. The number of benzene rings is 9. The van der Waals surface area contributed by atoms with Crippen LogP contribution in [-0.4, -0.2) is 12.3 Å². The smallest absolute Gasteiger partial charge is 0.252 e. The van der Waals surface area contributed by atoms with E-state index in [9.17, 15) is 0 Å². The monoisotopic (exact) mass is 1120 g/mol. The molecule has 0 N–H and O–H groups in total. The molecule has 10 aromatic rings. The summed E-state index contributed by atoms with van der Waals surface area (Å²) in [5, 5.41) is 2.60. The van der Waals surface area contributed by atoms with E-state index in [0.717, 1.165) is 52.7 Å². The third-order valence-electron chi connectivity index (χ3n) is 20.0. The molecule has 0 bridgehead atoms. The van der Waals surface area contributed by atoms with Crippen molar-refractivity contribution >= 4 is 117 Å². The van der Waals surface area contributed by atoms with E-state index in [2.05, 4.69) is 305 Å². The van der Waals surface area contributed by atoms with Crippen molar-refractivity contribution in [2.75, 3.05) is 19.6 Å². The molecule has 9 aromatic carbocycles. The van der Waals surface area contributed by atoms with Crippen LogP contribution in [0.1, 0.15) is 150 Å². The maximum Gasteiger partial charge on any atom is 0.252 e. The van der Waals surface area contributed by atoms with Gasteiger partial charge in [-0.3, -0.25) is 0 Å². The van der Waals surface area contributed by atoms with Crippen LogP contribution in [0.2, 0.25) is 0 Å². The second-order valence-corrected chi connectivity index (χ2v) is 30.5. The molecule has 4 aliphatic rings. The minimum absolute atomic E-state index is 0.0130. The van der Waals surface area contributed by atoms with Crippen molar-refractivity contribution in [1.82, 2.24) is 0 Å². The molecule has 2 atom stereocenters. The average Bonchev–Trinajstić information content (AvgIpc) is 1.50. The van der Waals surface area contributed by atoms with Crippen LogP contribution < -0.4 is 36.0 Å². The minimum Gasteiger partial charge on any atom is -0.335 e. The molecule has 4 heterocycles. The highest BCUT2D eigenvalue weighted by Crippen LogP contribution is 2.62. The van der Waals surface area contributed by atoms with Gasteiger partial charge in [0.2, 0.25) is 0 Å². The van der Waals surface area contributed by atoms with Crippen molar-refractivity contribution < 1.29 is 0 Å². The first-order chi connectivity index (χ1) is 39.9. The van der Waals surface area contributed by atoms with E-state index in [1.54, 1.807) is 0 Å². The van der Waals surface area contributed by atoms with Crippen molar-refractivity contribution in [1.29, 1.82) is 0 Å². The van der Waals surface area contributed by atoms with Gasteiger partial charge in [0.25, 0.3) is 6.71 Å². The summed E-state index contributed by atoms with van der Waals surface area (Å²) in [5.74, 6) is 0. The van der Waals surface area contributed by atoms with Crippen LogP contribution in [0.25, 0.3) is 20.2 Å². The molecule has 4 nitrogen and oxygen atoms in total. The van der Waals surface area contributed by atoms with Gasteiger partial charge in [-0.15, -0.1) is 11.3 Å². The maximum atomic E-state index is 2.89. The predicted molar refractivity (Wildman–Crippen MR) is 366 cm³/mol. The quantitative estimate of drug-likeness (QED) is 0.147. The number of hydrogen-bond donors (Lipinski definition) is 0. The predicted octanol–water partition coefficient (Wildman–Crippen LogP) is 20.5. The summed E-state index contributed by atoms with van der Waals surface area (Å²) < 4.78 is 2.62. The zero-order valence-electron chi connectivity index (χ0n) is 52.0. The van der Waals surface area contributed by atoms with Crippen LogP contribution >= 0.6 is 11.3 Å². The Kier molecular flexibility index (Phi) is 12.3. The molecular weight excluding hydrogens is 1040 g/mol. The van der Waals surface area contributed by atoms with E-state index < -0.39 is 0 Å². The summed E-state index contributed by atoms with van der Waals surface area (Å²) in [4.78, 5) is 10.6. The van der Waals surface area contributed by atoms with Crippen molar-refractivity contribution in [3.63, 3.8) is 0 Å². The van der Waals surface area contributed by atoms with E-state index in [1.807, 2.05) is 11.3 Å². The van der Waals surface area contributed by atoms with Gasteiger partial charge in [-0.2, -0.15) is 0 Å². The summed E-state index contributed by atoms with van der Waals surface area (Å²) in [5.41, 5.74) is 24.0. The lowest BCUT2D eigenvalue weighted by Gasteiger charge is -2.53. The Bertz CT molecular complexity index is 4110. The van der Waals surface area contributed by atoms with E-state index >= 15 is 0 Å². The summed E-state index contributed by atoms with van der Waals surface area (Å²) in [6.45, 7) is 32.9. The van der Waals surface area contributed by atoms with Crippen LogP contribution in [0.3, 0.4) is 0 Å². The Labute approximate surface area is 504 Å². The number of para-hydroxylation sites is 1. The van der Waals surface area contributed by atoms with E-state index in [1.165, 1.54) is 100.0 Å². The molecule has 0 spiro atoms. The summed E-state index contributed by atoms with van der Waals surface area (Å²) in [6.07, 6.45) is 4.72. The van der Waals surface area contributed by atoms with E-state index in [0.29, 0.717) is 0 Å². The lowest BCUT2D eigenvalue weighted by molar-refractivity contribution is 0.195. The summed E-state index contributed by atoms with van der Waals surface area (Å²) >= 11 is 1.89. The Hall–Kier alpha value is -7.54. The molecule has 2 unspecified atom stereocenters. The third-order valence-corrected chi connectivity index (χ3v) is 21.2. The first kappa shape index (κ1) is 54.4. The molecule has 0 amide bonds. The summed E-state index contributed by atoms with van der Waals surface area (Å²) in [7, 11) is 0. The molecule has 422 valence electrons. The van der Waals surface area contributed by atoms with Crippen molar-refractivity contribution in [3.8, 4) is 0 Å². The van der Waals surface area contributed by atoms with E-state index in [4.69, 9.17) is 0 Å². The Balaban J connectivity index is 1.08. The fourth-order valence-electron chi connectivity index (χ4n) is 15.0. The average molecular weight is 1120 g/mol. The topological polar surface area (TPSA) is 13.0 Å². The largest absolute Gasteiger partial charge is 0.335 e. The van der Waals surface area contributed by atoms with Crippen LogP contribution in [-0.2, 0) is 27.1 Å². The molecule has 1 aliphatic carbocycles. The zero-order valence-corrected chi connectivity index (χ0v) is 52.8. The Morgan fingerprint density at radius 3 is 1.45 bits per heavy atom. The van der Waals surface area contributed by atoms with E-state index in [-0.39, 0.29) is 39.3 Å². The molecule has 1 aromatic heterocycles. The highest BCUT2D eigenvalue weighted by molar-refractivity contribution is 7.25. The first-order valence-corrected chi connectivity index (χ1v) is 31.7. The van der Waals surface area contributed by atoms with Crippen LogP contribution in [0.4, 0.5) is 62.6 Å². The summed E-state index contributed by atoms with van der Waals surface area (Å²) in [6, 6.07) is 73.7.